The third-order valence-electron chi connectivity index (χ3n) is 34.4. The first-order valence-electron chi connectivity index (χ1n) is 40.8. The maximum Gasteiger partial charge on any atom is 0.332 e. The Morgan fingerprint density at radius 3 is 1.27 bits per heavy atom. The molecule has 0 aromatic heterocycles. The lowest BCUT2D eigenvalue weighted by molar-refractivity contribution is -0.250. The van der Waals surface area contributed by atoms with Gasteiger partial charge in [-0.25, -0.2) is 9.59 Å². The van der Waals surface area contributed by atoms with Gasteiger partial charge in [0, 0.05) is 12.0 Å². The van der Waals surface area contributed by atoms with Crippen molar-refractivity contribution < 1.29 is 44.2 Å². The molecule has 13 aliphatic rings. The summed E-state index contributed by atoms with van der Waals surface area (Å²) in [7, 11) is 0. The highest BCUT2D eigenvalue weighted by atomic mass is 16.6. The van der Waals surface area contributed by atoms with Crippen molar-refractivity contribution in [2.24, 2.45) is 149 Å². The number of hydrogen-bond donors (Lipinski definition) is 4. The average Bonchev–Trinajstić information content (AvgIpc) is 1.18. The van der Waals surface area contributed by atoms with Crippen LogP contribution in [-0.2, 0) is 23.8 Å². The number of allylic oxidation sites excluding steroid dienone is 2. The van der Waals surface area contributed by atoms with Gasteiger partial charge in [0.05, 0.1) is 31.0 Å². The molecule has 0 aromatic rings. The molecule has 0 aliphatic heterocycles. The SMILES string of the molecule is C1CC1.C=C(C)[C@@H]1CC[C@]2(CO)CC[C@]3(C)C(CCC4[C@@]5(C)CC[C@H](O)C(C)(C)C5CC[C@]43C)C12.C=C(C)[C@@H]1CC[C@]2(COC(=O)CO[C@H]3C[C@@H](C)CC[C@@H]3C(C)C)CC[C@]3(C)C(CCC4[C@@]5(C)CC[C@H](O)C(C)(C)C5CC[C@]43C)C12.CC(C)[C@H]1CC[C@H](C)C[C@@H]1OCC(=O)O. The number of carboxylic acids is 1. The molecular formula is C87H148O9. The van der Waals surface area contributed by atoms with Crippen molar-refractivity contribution in [3.63, 3.8) is 0 Å². The van der Waals surface area contributed by atoms with Gasteiger partial charge in [0.15, 0.2) is 0 Å². The molecule has 13 aliphatic carbocycles. The predicted octanol–water partition coefficient (Wildman–Crippen LogP) is 20.7. The number of hydrogen-bond acceptors (Lipinski definition) is 8. The number of aliphatic hydroxyl groups is 3. The molecule has 13 rings (SSSR count). The Bertz CT molecular complexity index is 2710. The Morgan fingerprint density at radius 1 is 0.469 bits per heavy atom. The largest absolute Gasteiger partial charge is 0.480 e. The summed E-state index contributed by atoms with van der Waals surface area (Å²) >= 11 is 0. The monoisotopic (exact) mass is 1340 g/mol. The van der Waals surface area contributed by atoms with E-state index in [2.05, 4.69) is 138 Å². The number of carboxylic acid groups (broad SMARTS) is 1. The lowest BCUT2D eigenvalue weighted by atomic mass is 9.32. The molecule has 0 spiro atoms. The second kappa shape index (κ2) is 28.7. The van der Waals surface area contributed by atoms with Crippen LogP contribution < -0.4 is 0 Å². The zero-order chi connectivity index (χ0) is 70.3. The lowest BCUT2D eigenvalue weighted by Crippen LogP contribution is -2.66. The molecule has 96 heavy (non-hydrogen) atoms. The zero-order valence-corrected chi connectivity index (χ0v) is 65.1. The molecule has 26 atom stereocenters. The molecule has 13 fully saturated rings. The molecular weight excluding hydrogens is 1190 g/mol. The number of aliphatic hydroxyl groups excluding tert-OH is 3. The van der Waals surface area contributed by atoms with Crippen LogP contribution >= 0.6 is 0 Å². The third kappa shape index (κ3) is 13.5. The number of rotatable bonds is 13. The summed E-state index contributed by atoms with van der Waals surface area (Å²) in [5.41, 5.74) is 4.84. The van der Waals surface area contributed by atoms with Crippen LogP contribution in [0.2, 0.25) is 0 Å². The van der Waals surface area contributed by atoms with E-state index in [4.69, 9.17) is 19.3 Å². The van der Waals surface area contributed by atoms with E-state index in [1.54, 1.807) is 0 Å². The van der Waals surface area contributed by atoms with Crippen molar-refractivity contribution in [1.82, 2.24) is 0 Å². The predicted molar refractivity (Wildman–Crippen MR) is 392 cm³/mol. The van der Waals surface area contributed by atoms with Gasteiger partial charge in [-0.2, -0.15) is 0 Å². The second-order valence-electron chi connectivity index (χ2n) is 40.5. The van der Waals surface area contributed by atoms with Gasteiger partial charge in [-0.1, -0.05) is 167 Å². The van der Waals surface area contributed by atoms with Gasteiger partial charge in [0.2, 0.25) is 0 Å². The quantitative estimate of drug-likeness (QED) is 0.105. The molecule has 4 N–H and O–H groups in total. The van der Waals surface area contributed by atoms with Crippen LogP contribution in [0.3, 0.4) is 0 Å². The smallest absolute Gasteiger partial charge is 0.332 e. The number of carbonyl (C=O) groups excluding carboxylic acids is 1. The summed E-state index contributed by atoms with van der Waals surface area (Å²) in [6.07, 6.45) is 35.7. The Labute approximate surface area is 588 Å². The van der Waals surface area contributed by atoms with Crippen molar-refractivity contribution in [2.45, 2.75) is 335 Å². The van der Waals surface area contributed by atoms with E-state index in [1.165, 1.54) is 159 Å². The summed E-state index contributed by atoms with van der Waals surface area (Å²) < 4.78 is 18.1. The van der Waals surface area contributed by atoms with Crippen LogP contribution in [0.4, 0.5) is 0 Å². The van der Waals surface area contributed by atoms with E-state index in [9.17, 15) is 24.9 Å². The van der Waals surface area contributed by atoms with Crippen molar-refractivity contribution >= 4 is 11.9 Å². The molecule has 550 valence electrons. The maximum absolute atomic E-state index is 13.3. The van der Waals surface area contributed by atoms with E-state index in [0.29, 0.717) is 123 Å². The van der Waals surface area contributed by atoms with Crippen molar-refractivity contribution in [2.75, 3.05) is 26.4 Å². The van der Waals surface area contributed by atoms with Gasteiger partial charge in [-0.3, -0.25) is 0 Å². The van der Waals surface area contributed by atoms with Crippen LogP contribution in [0.1, 0.15) is 311 Å². The van der Waals surface area contributed by atoms with Gasteiger partial charge in [0.1, 0.15) is 13.2 Å². The van der Waals surface area contributed by atoms with E-state index >= 15 is 0 Å². The average molecular weight is 1340 g/mol. The molecule has 13 saturated carbocycles. The van der Waals surface area contributed by atoms with Crippen LogP contribution in [0.5, 0.6) is 0 Å². The third-order valence-corrected chi connectivity index (χ3v) is 34.4. The zero-order valence-electron chi connectivity index (χ0n) is 65.1. The molecule has 0 aromatic carbocycles. The highest BCUT2D eigenvalue weighted by Gasteiger charge is 2.73. The van der Waals surface area contributed by atoms with Crippen molar-refractivity contribution in [3.05, 3.63) is 24.3 Å². The first-order chi connectivity index (χ1) is 44.9. The first kappa shape index (κ1) is 76.8. The molecule has 0 amide bonds. The fourth-order valence-electron chi connectivity index (χ4n) is 28.3. The topological polar surface area (TPSA) is 143 Å². The molecule has 8 unspecified atom stereocenters. The fraction of sp³-hybridized carbons (Fsp3) is 0.931. The van der Waals surface area contributed by atoms with Crippen LogP contribution in [0.15, 0.2) is 24.3 Å². The number of esters is 1. The number of aliphatic carboxylic acids is 1. The Balaban J connectivity index is 0.000000172. The number of carbonyl (C=O) groups is 2. The van der Waals surface area contributed by atoms with Gasteiger partial charge in [-0.05, 0) is 311 Å². The summed E-state index contributed by atoms with van der Waals surface area (Å²) in [6, 6.07) is 0. The molecule has 9 nitrogen and oxygen atoms in total. The van der Waals surface area contributed by atoms with E-state index in [0.717, 1.165) is 50.4 Å². The first-order valence-corrected chi connectivity index (χ1v) is 40.8. The van der Waals surface area contributed by atoms with Crippen molar-refractivity contribution in [1.29, 1.82) is 0 Å². The minimum Gasteiger partial charge on any atom is -0.480 e. The Hall–Kier alpha value is -1.78. The normalized spacial score (nSPS) is 48.4. The summed E-state index contributed by atoms with van der Waals surface area (Å²) in [5.74, 6) is 8.84. The van der Waals surface area contributed by atoms with Gasteiger partial charge < -0.3 is 34.6 Å². The minimum absolute atomic E-state index is 0.0111. The fourth-order valence-corrected chi connectivity index (χ4v) is 28.3. The lowest BCUT2D eigenvalue weighted by Gasteiger charge is -2.73. The highest BCUT2D eigenvalue weighted by molar-refractivity contribution is 5.70. The standard InChI is InChI=1S/C42H70O4.C30H50O2.C12H22O3.C3H6/c1-26(2)29-12-11-28(5)23-32(29)45-24-36(44)46-25-42-20-15-30(27(3)4)37(42)31-13-14-34-39(8)18-17-35(43)38(6,7)33(39)16-19-41(34,10)40(31,9)21-22-42;1-19(2)20-10-15-30(18-31)17-16-28(6)21(25(20)30)8-9-23-27(5)13-12-24(32)26(3,4)22(27)11-14-29(23,28)7;1-8(2)10-5-4-9(3)6-11(10)15-7-12(13)14;1-2-3-1/h26,28-35,37,43H,3,11-25H2,1-2,4-10H3;20-25,31-32H,1,8-18H2,2-7H3;8-11H,4-7H2,1-3H3,(H,13,14);1-3H2/t28-,29+,30-,31?,32-,33?,34?,35-,37?,39-,40+,41+,42+;20-,21?,22?,23?,24-,25?,27-,28+,29+,30+;9-,10+,11-;/m000./s1. The highest BCUT2D eigenvalue weighted by Crippen LogP contribution is 2.80. The van der Waals surface area contributed by atoms with E-state index < -0.39 is 5.97 Å². The van der Waals surface area contributed by atoms with E-state index in [-0.39, 0.29) is 70.7 Å². The summed E-state index contributed by atoms with van der Waals surface area (Å²) in [5, 5.41) is 41.2. The second-order valence-corrected chi connectivity index (χ2v) is 40.5. The molecule has 0 saturated heterocycles. The van der Waals surface area contributed by atoms with Crippen molar-refractivity contribution in [3.8, 4) is 0 Å². The number of ether oxygens (including phenoxy) is 3. The summed E-state index contributed by atoms with van der Waals surface area (Å²) in [6.45, 7) is 53.3. The minimum atomic E-state index is -0.865. The van der Waals surface area contributed by atoms with Gasteiger partial charge in [0.25, 0.3) is 0 Å². The maximum atomic E-state index is 13.3. The van der Waals surface area contributed by atoms with Gasteiger partial charge in [-0.15, -0.1) is 0 Å². The molecule has 0 bridgehead atoms. The van der Waals surface area contributed by atoms with Crippen LogP contribution in [0, 0.1) is 149 Å². The molecule has 0 radical (unpaired) electrons. The Morgan fingerprint density at radius 2 is 0.875 bits per heavy atom. The van der Waals surface area contributed by atoms with E-state index in [1.807, 2.05) is 0 Å². The van der Waals surface area contributed by atoms with Crippen LogP contribution in [-0.4, -0.2) is 83.2 Å². The summed E-state index contributed by atoms with van der Waals surface area (Å²) in [4.78, 5) is 23.8. The molecule has 0 heterocycles. The number of fused-ring (bicyclic) bond motifs is 14. The molecule has 9 heteroatoms. The van der Waals surface area contributed by atoms with Crippen LogP contribution in [0.25, 0.3) is 0 Å². The Kier molecular flexibility index (Phi) is 23.0. The van der Waals surface area contributed by atoms with Gasteiger partial charge >= 0.3 is 11.9 Å².